The third kappa shape index (κ3) is 6.55. The molecule has 104 valence electrons. The number of halogens is 2. The number of rotatable bonds is 7. The van der Waals surface area contributed by atoms with E-state index >= 15 is 0 Å². The topological polar surface area (TPSA) is 38.3 Å². The van der Waals surface area contributed by atoms with Gasteiger partial charge in [0.2, 0.25) is 5.91 Å². The summed E-state index contributed by atoms with van der Waals surface area (Å²) in [6, 6.07) is 6.05. The smallest absolute Gasteiger partial charge is 0.387 e. The predicted octanol–water partition coefficient (Wildman–Crippen LogP) is 2.91. The Hall–Kier alpha value is -1.91. The zero-order chi connectivity index (χ0) is 14.1. The number of ether oxygens (including phenoxy) is 1. The monoisotopic (exact) mass is 269 g/mol. The van der Waals surface area contributed by atoms with Crippen LogP contribution in [0.2, 0.25) is 0 Å². The number of carbonyl (C=O) groups is 1. The molecular weight excluding hydrogens is 252 g/mol. The van der Waals surface area contributed by atoms with E-state index in [1.54, 1.807) is 12.1 Å². The maximum Gasteiger partial charge on any atom is 0.387 e. The summed E-state index contributed by atoms with van der Waals surface area (Å²) in [4.78, 5) is 11.6. The molecule has 3 nitrogen and oxygen atoms in total. The largest absolute Gasteiger partial charge is 0.435 e. The summed E-state index contributed by atoms with van der Waals surface area (Å²) >= 11 is 0. The average Bonchev–Trinajstić information content (AvgIpc) is 2.36. The number of carbonyl (C=O) groups excluding carboxylic acids is 1. The number of allylic oxidation sites excluding steroid dienone is 1. The van der Waals surface area contributed by atoms with Crippen LogP contribution in [0, 0.1) is 0 Å². The molecule has 0 aliphatic rings. The van der Waals surface area contributed by atoms with Crippen LogP contribution in [0.15, 0.2) is 36.4 Å². The van der Waals surface area contributed by atoms with Gasteiger partial charge in [-0.05, 0) is 31.0 Å². The van der Waals surface area contributed by atoms with Crippen molar-refractivity contribution in [1.29, 1.82) is 0 Å². The van der Waals surface area contributed by atoms with Crippen molar-refractivity contribution in [2.24, 2.45) is 0 Å². The molecule has 1 N–H and O–H groups in total. The Morgan fingerprint density at radius 3 is 2.63 bits per heavy atom. The molecule has 0 bridgehead atoms. The van der Waals surface area contributed by atoms with Gasteiger partial charge < -0.3 is 10.1 Å². The van der Waals surface area contributed by atoms with Crippen molar-refractivity contribution in [3.05, 3.63) is 42.0 Å². The van der Waals surface area contributed by atoms with E-state index in [-0.39, 0.29) is 18.1 Å². The zero-order valence-corrected chi connectivity index (χ0v) is 10.7. The molecule has 0 saturated heterocycles. The molecule has 0 aliphatic heterocycles. The van der Waals surface area contributed by atoms with Gasteiger partial charge in [-0.25, -0.2) is 0 Å². The fraction of sp³-hybridized carbons (Fsp3) is 0.357. The van der Waals surface area contributed by atoms with Crippen molar-refractivity contribution >= 4 is 5.91 Å². The van der Waals surface area contributed by atoms with E-state index < -0.39 is 6.61 Å². The third-order valence-electron chi connectivity index (χ3n) is 2.38. The van der Waals surface area contributed by atoms with Gasteiger partial charge in [-0.2, -0.15) is 8.78 Å². The van der Waals surface area contributed by atoms with E-state index in [2.05, 4.69) is 10.1 Å². The molecule has 5 heteroatoms. The first kappa shape index (κ1) is 15.1. The fourth-order valence-corrected chi connectivity index (χ4v) is 1.50. The Bertz CT molecular complexity index is 416. The van der Waals surface area contributed by atoms with Gasteiger partial charge in [-0.1, -0.05) is 24.3 Å². The van der Waals surface area contributed by atoms with Crippen molar-refractivity contribution in [3.63, 3.8) is 0 Å². The van der Waals surface area contributed by atoms with Crippen molar-refractivity contribution in [1.82, 2.24) is 5.32 Å². The standard InChI is InChI=1S/C14H17F2NO2/c1-2-3-4-9-17-13(18)10-11-5-7-12(8-6-11)19-14(15)16/h2-3,5-8,14H,4,9-10H2,1H3,(H,17,18)/b3-2+. The van der Waals surface area contributed by atoms with Crippen molar-refractivity contribution in [2.45, 2.75) is 26.4 Å². The first-order chi connectivity index (χ1) is 9.11. The Labute approximate surface area is 111 Å². The minimum Gasteiger partial charge on any atom is -0.435 e. The second-order valence-electron chi connectivity index (χ2n) is 3.91. The van der Waals surface area contributed by atoms with Crippen LogP contribution in [0.3, 0.4) is 0 Å². The van der Waals surface area contributed by atoms with Crippen molar-refractivity contribution < 1.29 is 18.3 Å². The number of hydrogen-bond acceptors (Lipinski definition) is 2. The van der Waals surface area contributed by atoms with E-state index in [1.165, 1.54) is 12.1 Å². The van der Waals surface area contributed by atoms with Crippen LogP contribution in [-0.2, 0) is 11.2 Å². The van der Waals surface area contributed by atoms with Gasteiger partial charge in [-0.15, -0.1) is 0 Å². The lowest BCUT2D eigenvalue weighted by Gasteiger charge is -2.06. The summed E-state index contributed by atoms with van der Waals surface area (Å²) in [6.45, 7) is -0.318. The molecule has 0 unspecified atom stereocenters. The lowest BCUT2D eigenvalue weighted by molar-refractivity contribution is -0.120. The van der Waals surface area contributed by atoms with Gasteiger partial charge in [-0.3, -0.25) is 4.79 Å². The van der Waals surface area contributed by atoms with Gasteiger partial charge >= 0.3 is 6.61 Å². The zero-order valence-electron chi connectivity index (χ0n) is 10.7. The minimum atomic E-state index is -2.83. The van der Waals surface area contributed by atoms with Crippen LogP contribution in [0.4, 0.5) is 8.78 Å². The summed E-state index contributed by atoms with van der Waals surface area (Å²) in [5.41, 5.74) is 0.755. The van der Waals surface area contributed by atoms with E-state index in [4.69, 9.17) is 0 Å². The molecule has 0 fully saturated rings. The van der Waals surface area contributed by atoms with E-state index in [1.807, 2.05) is 19.1 Å². The summed E-state index contributed by atoms with van der Waals surface area (Å²) in [5, 5.41) is 2.77. The van der Waals surface area contributed by atoms with Gasteiger partial charge in [0, 0.05) is 6.54 Å². The lowest BCUT2D eigenvalue weighted by Crippen LogP contribution is -2.25. The molecule has 1 rings (SSSR count). The van der Waals surface area contributed by atoms with E-state index in [0.717, 1.165) is 12.0 Å². The van der Waals surface area contributed by atoms with Crippen molar-refractivity contribution in [2.75, 3.05) is 6.54 Å². The second-order valence-corrected chi connectivity index (χ2v) is 3.91. The van der Waals surface area contributed by atoms with Crippen LogP contribution in [0.25, 0.3) is 0 Å². The quantitative estimate of drug-likeness (QED) is 0.610. The van der Waals surface area contributed by atoms with E-state index in [9.17, 15) is 13.6 Å². The Kier molecular flexibility index (Phi) is 6.57. The maximum absolute atomic E-state index is 11.9. The number of amides is 1. The van der Waals surface area contributed by atoms with Crippen molar-refractivity contribution in [3.8, 4) is 5.75 Å². The minimum absolute atomic E-state index is 0.0900. The molecule has 0 saturated carbocycles. The van der Waals surface area contributed by atoms with Gasteiger partial charge in [0.25, 0.3) is 0 Å². The number of alkyl halides is 2. The maximum atomic E-state index is 11.9. The molecule has 19 heavy (non-hydrogen) atoms. The highest BCUT2D eigenvalue weighted by atomic mass is 19.3. The second kappa shape index (κ2) is 8.24. The third-order valence-corrected chi connectivity index (χ3v) is 2.38. The first-order valence-corrected chi connectivity index (χ1v) is 6.03. The number of hydrogen-bond donors (Lipinski definition) is 1. The molecule has 0 radical (unpaired) electrons. The first-order valence-electron chi connectivity index (χ1n) is 6.03. The molecule has 0 aromatic heterocycles. The molecule has 0 spiro atoms. The molecular formula is C14H17F2NO2. The molecule has 1 aromatic rings. The Morgan fingerprint density at radius 1 is 1.37 bits per heavy atom. The van der Waals surface area contributed by atoms with Crippen LogP contribution < -0.4 is 10.1 Å². The summed E-state index contributed by atoms with van der Waals surface area (Å²) in [5.74, 6) is -0.000674. The molecule has 1 amide bonds. The summed E-state index contributed by atoms with van der Waals surface area (Å²) < 4.78 is 28.1. The number of benzene rings is 1. The summed E-state index contributed by atoms with van der Waals surface area (Å²) in [6.07, 6.45) is 4.92. The summed E-state index contributed by atoms with van der Waals surface area (Å²) in [7, 11) is 0. The predicted molar refractivity (Wildman–Crippen MR) is 69.2 cm³/mol. The highest BCUT2D eigenvalue weighted by molar-refractivity contribution is 5.78. The number of nitrogens with one attached hydrogen (secondary N) is 1. The molecule has 0 aliphatic carbocycles. The highest BCUT2D eigenvalue weighted by Gasteiger charge is 2.05. The average molecular weight is 269 g/mol. The lowest BCUT2D eigenvalue weighted by atomic mass is 10.1. The molecule has 0 heterocycles. The fourth-order valence-electron chi connectivity index (χ4n) is 1.50. The molecule has 0 atom stereocenters. The van der Waals surface area contributed by atoms with Crippen LogP contribution >= 0.6 is 0 Å². The van der Waals surface area contributed by atoms with Gasteiger partial charge in [0.1, 0.15) is 5.75 Å². The van der Waals surface area contributed by atoms with Gasteiger partial charge in [0.05, 0.1) is 6.42 Å². The SMILES string of the molecule is C/C=C/CCNC(=O)Cc1ccc(OC(F)F)cc1. The Balaban J connectivity index is 2.38. The van der Waals surface area contributed by atoms with E-state index in [0.29, 0.717) is 6.54 Å². The van der Waals surface area contributed by atoms with Gasteiger partial charge in [0.15, 0.2) is 0 Å². The van der Waals surface area contributed by atoms with Crippen LogP contribution in [0.5, 0.6) is 5.75 Å². The Morgan fingerprint density at radius 2 is 2.05 bits per heavy atom. The normalized spacial score (nSPS) is 10.9. The van der Waals surface area contributed by atoms with Crippen LogP contribution in [-0.4, -0.2) is 19.1 Å². The molecule has 1 aromatic carbocycles. The highest BCUT2D eigenvalue weighted by Crippen LogP contribution is 2.15. The van der Waals surface area contributed by atoms with Crippen LogP contribution in [0.1, 0.15) is 18.9 Å².